The van der Waals surface area contributed by atoms with Crippen LogP contribution in [0, 0.1) is 0 Å². The molecule has 0 aliphatic heterocycles. The first-order valence-electron chi connectivity index (χ1n) is 6.79. The van der Waals surface area contributed by atoms with Gasteiger partial charge in [0.1, 0.15) is 0 Å². The number of hydrazine groups is 1. The molecule has 8 heteroatoms. The number of carbonyl (C=O) groups is 4. The topological polar surface area (TPSA) is 105 Å². The fourth-order valence-electron chi connectivity index (χ4n) is 1.72. The number of carbonyl (C=O) groups excluding carboxylic acids is 4. The maximum Gasteiger partial charge on any atom is 0.306 e. The monoisotopic (exact) mass is 345 g/mol. The average molecular weight is 346 g/mol. The van der Waals surface area contributed by atoms with E-state index >= 15 is 0 Å². The van der Waals surface area contributed by atoms with Crippen LogP contribution in [0.1, 0.15) is 27.1 Å². The number of pyridine rings is 1. The molecule has 7 nitrogen and oxygen atoms in total. The second-order valence-electron chi connectivity index (χ2n) is 4.67. The normalized spacial score (nSPS) is 9.88. The lowest BCUT2D eigenvalue weighted by Gasteiger charge is -2.06. The minimum absolute atomic E-state index is 0.259. The average Bonchev–Trinajstić information content (AvgIpc) is 2.60. The molecule has 2 aromatic rings. The van der Waals surface area contributed by atoms with Crippen LogP contribution in [0.2, 0.25) is 5.02 Å². The van der Waals surface area contributed by atoms with Crippen LogP contribution in [-0.4, -0.2) is 28.4 Å². The lowest BCUT2D eigenvalue weighted by Crippen LogP contribution is -2.45. The van der Waals surface area contributed by atoms with Crippen molar-refractivity contribution < 1.29 is 19.2 Å². The van der Waals surface area contributed by atoms with Crippen LogP contribution in [0.15, 0.2) is 48.8 Å². The molecule has 0 fully saturated rings. The van der Waals surface area contributed by atoms with E-state index in [-0.39, 0.29) is 11.1 Å². The summed E-state index contributed by atoms with van der Waals surface area (Å²) in [4.78, 5) is 50.7. The van der Waals surface area contributed by atoms with Crippen LogP contribution in [0.5, 0.6) is 0 Å². The second kappa shape index (κ2) is 7.98. The summed E-state index contributed by atoms with van der Waals surface area (Å²) in [6.45, 7) is 0. The Morgan fingerprint density at radius 2 is 1.50 bits per heavy atom. The van der Waals surface area contributed by atoms with Crippen molar-refractivity contribution in [2.24, 2.45) is 0 Å². The molecule has 0 bridgehead atoms. The predicted octanol–water partition coefficient (Wildman–Crippen LogP) is 1.34. The van der Waals surface area contributed by atoms with Crippen LogP contribution in [0.4, 0.5) is 0 Å². The van der Waals surface area contributed by atoms with Gasteiger partial charge in [-0.3, -0.25) is 35.0 Å². The van der Waals surface area contributed by atoms with E-state index in [1.54, 1.807) is 0 Å². The largest absolute Gasteiger partial charge is 0.306 e. The summed E-state index contributed by atoms with van der Waals surface area (Å²) in [7, 11) is 0. The van der Waals surface area contributed by atoms with Crippen molar-refractivity contribution in [1.82, 2.24) is 15.8 Å². The second-order valence-corrected chi connectivity index (χ2v) is 5.11. The highest BCUT2D eigenvalue weighted by Gasteiger charge is 2.19. The Balaban J connectivity index is 1.86. The molecular weight excluding hydrogens is 334 g/mol. The van der Waals surface area contributed by atoms with Crippen molar-refractivity contribution in [2.75, 3.05) is 0 Å². The van der Waals surface area contributed by atoms with Gasteiger partial charge in [0.25, 0.3) is 5.91 Å². The summed E-state index contributed by atoms with van der Waals surface area (Å²) in [6, 6.07) is 8.81. The van der Waals surface area contributed by atoms with Gasteiger partial charge in [-0.05, 0) is 36.4 Å². The van der Waals surface area contributed by atoms with E-state index in [1.165, 1.54) is 48.8 Å². The van der Waals surface area contributed by atoms with E-state index in [0.29, 0.717) is 5.02 Å². The molecule has 1 aromatic heterocycles. The third-order valence-electron chi connectivity index (χ3n) is 2.97. The molecule has 1 heterocycles. The summed E-state index contributed by atoms with van der Waals surface area (Å²) in [5, 5.41) is 0.453. The van der Waals surface area contributed by atoms with Gasteiger partial charge in [-0.1, -0.05) is 11.6 Å². The molecule has 0 spiro atoms. The van der Waals surface area contributed by atoms with Gasteiger partial charge in [-0.25, -0.2) is 0 Å². The minimum atomic E-state index is -1.08. The number of nitrogens with zero attached hydrogens (tertiary/aromatic N) is 1. The predicted molar refractivity (Wildman–Crippen MR) is 85.3 cm³/mol. The summed E-state index contributed by atoms with van der Waals surface area (Å²) >= 11 is 5.71. The maximum absolute atomic E-state index is 11.9. The molecule has 0 aliphatic carbocycles. The minimum Gasteiger partial charge on any atom is -0.294 e. The van der Waals surface area contributed by atoms with Crippen LogP contribution in [-0.2, 0) is 9.59 Å². The Labute approximate surface area is 142 Å². The zero-order valence-electron chi connectivity index (χ0n) is 12.3. The Hall–Kier alpha value is -3.06. The molecule has 122 valence electrons. The molecule has 2 N–H and O–H groups in total. The van der Waals surface area contributed by atoms with Gasteiger partial charge in [0.15, 0.2) is 5.78 Å². The Morgan fingerprint density at radius 1 is 0.875 bits per heavy atom. The number of hydrogen-bond acceptors (Lipinski definition) is 5. The molecule has 0 radical (unpaired) electrons. The van der Waals surface area contributed by atoms with E-state index < -0.39 is 29.8 Å². The lowest BCUT2D eigenvalue weighted by atomic mass is 10.1. The van der Waals surface area contributed by atoms with E-state index in [9.17, 15) is 19.2 Å². The number of nitrogens with one attached hydrogen (secondary N) is 2. The zero-order chi connectivity index (χ0) is 17.5. The van der Waals surface area contributed by atoms with Crippen LogP contribution in [0.25, 0.3) is 0 Å². The van der Waals surface area contributed by atoms with Crippen molar-refractivity contribution in [3.8, 4) is 0 Å². The molecule has 0 aliphatic rings. The Bertz CT molecular complexity index is 776. The van der Waals surface area contributed by atoms with E-state index in [1.807, 2.05) is 5.43 Å². The van der Waals surface area contributed by atoms with Crippen molar-refractivity contribution in [3.05, 3.63) is 64.9 Å². The number of ketones is 2. The lowest BCUT2D eigenvalue weighted by molar-refractivity contribution is -0.137. The van der Waals surface area contributed by atoms with Gasteiger partial charge < -0.3 is 0 Å². The highest BCUT2D eigenvalue weighted by Crippen LogP contribution is 2.11. The molecule has 0 atom stereocenters. The molecule has 0 saturated heterocycles. The summed E-state index contributed by atoms with van der Waals surface area (Å²) in [5.41, 5.74) is 4.57. The molecule has 24 heavy (non-hydrogen) atoms. The number of aromatic nitrogens is 1. The van der Waals surface area contributed by atoms with Crippen LogP contribution in [0.3, 0.4) is 0 Å². The van der Waals surface area contributed by atoms with Gasteiger partial charge in [0.05, 0.1) is 6.42 Å². The van der Waals surface area contributed by atoms with Crippen LogP contribution >= 0.6 is 11.6 Å². The number of rotatable bonds is 5. The first kappa shape index (κ1) is 17.3. The smallest absolute Gasteiger partial charge is 0.294 e. The van der Waals surface area contributed by atoms with Crippen LogP contribution < -0.4 is 10.9 Å². The molecule has 0 saturated carbocycles. The standard InChI is InChI=1S/C16H12ClN3O4/c17-12-3-1-10(2-4-12)13(21)9-14(22)16(24)20-19-15(23)11-5-7-18-8-6-11/h1-8H,9H2,(H,19,23)(H,20,24). The summed E-state index contributed by atoms with van der Waals surface area (Å²) < 4.78 is 0. The first-order chi connectivity index (χ1) is 11.5. The fourth-order valence-corrected chi connectivity index (χ4v) is 1.85. The van der Waals surface area contributed by atoms with E-state index in [0.717, 1.165) is 0 Å². The number of Topliss-reactive ketones (excluding diaryl/α,β-unsaturated/α-hetero) is 2. The van der Waals surface area contributed by atoms with E-state index in [4.69, 9.17) is 11.6 Å². The molecule has 2 rings (SSSR count). The third kappa shape index (κ3) is 4.72. The zero-order valence-corrected chi connectivity index (χ0v) is 13.0. The van der Waals surface area contributed by atoms with Crippen molar-refractivity contribution >= 4 is 35.0 Å². The summed E-state index contributed by atoms with van der Waals surface area (Å²) in [6.07, 6.45) is 2.21. The quantitative estimate of drug-likeness (QED) is 0.368. The van der Waals surface area contributed by atoms with Gasteiger partial charge in [-0.15, -0.1) is 0 Å². The Kier molecular flexibility index (Phi) is 5.75. The van der Waals surface area contributed by atoms with Crippen molar-refractivity contribution in [2.45, 2.75) is 6.42 Å². The molecule has 2 amide bonds. The van der Waals surface area contributed by atoms with Gasteiger partial charge in [-0.2, -0.15) is 0 Å². The Morgan fingerprint density at radius 3 is 2.12 bits per heavy atom. The summed E-state index contributed by atoms with van der Waals surface area (Å²) in [5.74, 6) is -3.18. The number of hydrogen-bond donors (Lipinski definition) is 2. The highest BCUT2D eigenvalue weighted by atomic mass is 35.5. The number of halogens is 1. The van der Waals surface area contributed by atoms with Gasteiger partial charge in [0, 0.05) is 28.5 Å². The SMILES string of the molecule is O=C(CC(=O)c1ccc(Cl)cc1)C(=O)NNC(=O)c1ccncc1. The number of amides is 2. The third-order valence-corrected chi connectivity index (χ3v) is 3.22. The first-order valence-corrected chi connectivity index (χ1v) is 7.17. The van der Waals surface area contributed by atoms with E-state index in [2.05, 4.69) is 10.4 Å². The fraction of sp³-hybridized carbons (Fsp3) is 0.0625. The van der Waals surface area contributed by atoms with Gasteiger partial charge in [0.2, 0.25) is 5.78 Å². The van der Waals surface area contributed by atoms with Crippen molar-refractivity contribution in [3.63, 3.8) is 0 Å². The highest BCUT2D eigenvalue weighted by molar-refractivity contribution is 6.40. The number of benzene rings is 1. The maximum atomic E-state index is 11.9. The molecule has 1 aromatic carbocycles. The van der Waals surface area contributed by atoms with Crippen molar-refractivity contribution in [1.29, 1.82) is 0 Å². The van der Waals surface area contributed by atoms with Gasteiger partial charge >= 0.3 is 5.91 Å². The molecular formula is C16H12ClN3O4. The molecule has 0 unspecified atom stereocenters.